The molecule has 10 heteroatoms. The second-order valence-corrected chi connectivity index (χ2v) is 7.31. The number of benzene rings is 1. The fourth-order valence-electron chi connectivity index (χ4n) is 2.31. The molecule has 0 aliphatic carbocycles. The molecule has 0 aliphatic rings. The number of nitrogens with zero attached hydrogens (tertiary/aromatic N) is 3. The Balaban J connectivity index is 1.91. The summed E-state index contributed by atoms with van der Waals surface area (Å²) in [6.45, 7) is 2.93. The maximum Gasteiger partial charge on any atom is 0.302 e. The summed E-state index contributed by atoms with van der Waals surface area (Å²) in [4.78, 5) is 15.8. The first-order chi connectivity index (χ1) is 12.2. The third-order valence-corrected chi connectivity index (χ3v) is 4.98. The molecular weight excluding hydrogens is 363 g/mol. The Morgan fingerprint density at radius 3 is 2.69 bits per heavy atom. The van der Waals surface area contributed by atoms with Crippen LogP contribution < -0.4 is 4.72 Å². The molecule has 0 saturated heterocycles. The number of aromatic nitrogens is 3. The van der Waals surface area contributed by atoms with Crippen LogP contribution in [0.15, 0.2) is 39.9 Å². The highest BCUT2D eigenvalue weighted by Gasteiger charge is 2.27. The minimum atomic E-state index is -4.41. The van der Waals surface area contributed by atoms with Crippen LogP contribution in [-0.2, 0) is 17.1 Å². The van der Waals surface area contributed by atoms with Gasteiger partial charge >= 0.3 is 5.91 Å². The van der Waals surface area contributed by atoms with Gasteiger partial charge < -0.3 is 4.42 Å². The van der Waals surface area contributed by atoms with Crippen molar-refractivity contribution < 1.29 is 22.0 Å². The van der Waals surface area contributed by atoms with Crippen LogP contribution in [0.25, 0.3) is 11.5 Å². The molecule has 1 aromatic carbocycles. The number of carbonyl (C=O) groups excluding carboxylic acids is 1. The zero-order valence-corrected chi connectivity index (χ0v) is 15.0. The van der Waals surface area contributed by atoms with Gasteiger partial charge in [-0.25, -0.2) is 22.5 Å². The summed E-state index contributed by atoms with van der Waals surface area (Å²) in [6, 6.07) is 3.89. The van der Waals surface area contributed by atoms with Gasteiger partial charge in [-0.1, -0.05) is 12.1 Å². The number of aryl methyl sites for hydroxylation is 3. The molecule has 1 amide bonds. The van der Waals surface area contributed by atoms with E-state index in [1.54, 1.807) is 18.0 Å². The number of hydrogen-bond acceptors (Lipinski definition) is 6. The Bertz CT molecular complexity index is 1100. The summed E-state index contributed by atoms with van der Waals surface area (Å²) in [7, 11) is -2.70. The first-order valence-electron chi connectivity index (χ1n) is 7.48. The van der Waals surface area contributed by atoms with Gasteiger partial charge in [0.1, 0.15) is 10.7 Å². The van der Waals surface area contributed by atoms with Crippen molar-refractivity contribution in [3.8, 4) is 11.5 Å². The number of halogens is 1. The molecular formula is C16H15FN4O4S. The van der Waals surface area contributed by atoms with E-state index in [1.165, 1.54) is 36.9 Å². The van der Waals surface area contributed by atoms with Gasteiger partial charge in [0, 0.05) is 13.2 Å². The quantitative estimate of drug-likeness (QED) is 0.744. The van der Waals surface area contributed by atoms with E-state index >= 15 is 0 Å². The summed E-state index contributed by atoms with van der Waals surface area (Å²) in [6.07, 6.45) is 3.12. The van der Waals surface area contributed by atoms with Crippen LogP contribution in [0.2, 0.25) is 0 Å². The van der Waals surface area contributed by atoms with E-state index in [4.69, 9.17) is 4.42 Å². The Morgan fingerprint density at radius 1 is 1.31 bits per heavy atom. The molecule has 0 fully saturated rings. The van der Waals surface area contributed by atoms with E-state index < -0.39 is 26.6 Å². The molecule has 0 radical (unpaired) electrons. The van der Waals surface area contributed by atoms with E-state index in [-0.39, 0.29) is 22.9 Å². The molecule has 26 heavy (non-hydrogen) atoms. The maximum atomic E-state index is 14.1. The molecule has 0 unspecified atom stereocenters. The molecule has 2 heterocycles. The van der Waals surface area contributed by atoms with Crippen LogP contribution >= 0.6 is 0 Å². The number of amides is 1. The van der Waals surface area contributed by atoms with Crippen molar-refractivity contribution in [2.75, 3.05) is 0 Å². The topological polar surface area (TPSA) is 107 Å². The number of rotatable bonds is 4. The smallest absolute Gasteiger partial charge is 0.302 e. The SMILES string of the molecule is Cc1cccc(S(=O)(=O)NC(=O)c2oc(-c3cnn(C)c3)nc2C)c1F. The van der Waals surface area contributed by atoms with Crippen LogP contribution in [0, 0.1) is 19.7 Å². The summed E-state index contributed by atoms with van der Waals surface area (Å²) in [5.41, 5.74) is 0.874. The third-order valence-electron chi connectivity index (χ3n) is 3.63. The summed E-state index contributed by atoms with van der Waals surface area (Å²) < 4.78 is 47.5. The average Bonchev–Trinajstić information content (AvgIpc) is 3.15. The van der Waals surface area contributed by atoms with E-state index in [0.717, 1.165) is 6.07 Å². The number of nitrogens with one attached hydrogen (secondary N) is 1. The van der Waals surface area contributed by atoms with Gasteiger partial charge in [-0.05, 0) is 25.5 Å². The highest BCUT2D eigenvalue weighted by atomic mass is 32.2. The molecule has 3 rings (SSSR count). The van der Waals surface area contributed by atoms with E-state index in [1.807, 2.05) is 0 Å². The second-order valence-electron chi connectivity index (χ2n) is 5.66. The predicted molar refractivity (Wildman–Crippen MR) is 89.2 cm³/mol. The lowest BCUT2D eigenvalue weighted by molar-refractivity contribution is 0.0954. The van der Waals surface area contributed by atoms with Crippen LogP contribution in [0.5, 0.6) is 0 Å². The molecule has 0 spiro atoms. The van der Waals surface area contributed by atoms with Crippen LogP contribution in [0.4, 0.5) is 4.39 Å². The van der Waals surface area contributed by atoms with E-state index in [2.05, 4.69) is 10.1 Å². The van der Waals surface area contributed by atoms with Gasteiger partial charge in [0.05, 0.1) is 17.5 Å². The van der Waals surface area contributed by atoms with Crippen LogP contribution in [0.1, 0.15) is 21.8 Å². The van der Waals surface area contributed by atoms with Crippen molar-refractivity contribution in [3.05, 3.63) is 53.4 Å². The maximum absolute atomic E-state index is 14.1. The van der Waals surface area contributed by atoms with Gasteiger partial charge in [-0.3, -0.25) is 9.48 Å². The first-order valence-corrected chi connectivity index (χ1v) is 8.96. The largest absolute Gasteiger partial charge is 0.430 e. The molecule has 0 bridgehead atoms. The summed E-state index contributed by atoms with van der Waals surface area (Å²) in [5, 5.41) is 3.97. The fraction of sp³-hybridized carbons (Fsp3) is 0.188. The summed E-state index contributed by atoms with van der Waals surface area (Å²) >= 11 is 0. The number of hydrogen-bond donors (Lipinski definition) is 1. The second kappa shape index (κ2) is 6.37. The Hall–Kier alpha value is -3.01. The van der Waals surface area contributed by atoms with Crippen molar-refractivity contribution in [3.63, 3.8) is 0 Å². The van der Waals surface area contributed by atoms with Crippen molar-refractivity contribution in [1.82, 2.24) is 19.5 Å². The Morgan fingerprint density at radius 2 is 2.04 bits per heavy atom. The average molecular weight is 378 g/mol. The number of carbonyl (C=O) groups is 1. The van der Waals surface area contributed by atoms with Gasteiger partial charge in [0.15, 0.2) is 0 Å². The number of sulfonamides is 1. The molecule has 0 saturated carbocycles. The predicted octanol–water partition coefficient (Wildman–Crippen LogP) is 1.95. The lowest BCUT2D eigenvalue weighted by Gasteiger charge is -2.08. The van der Waals surface area contributed by atoms with Gasteiger partial charge in [0.2, 0.25) is 11.7 Å². The minimum Gasteiger partial charge on any atom is -0.430 e. The molecule has 2 aromatic heterocycles. The first kappa shape index (κ1) is 17.8. The zero-order valence-electron chi connectivity index (χ0n) is 14.1. The van der Waals surface area contributed by atoms with Crippen molar-refractivity contribution in [2.45, 2.75) is 18.7 Å². The fourth-order valence-corrected chi connectivity index (χ4v) is 3.42. The van der Waals surface area contributed by atoms with Crippen molar-refractivity contribution >= 4 is 15.9 Å². The number of oxazole rings is 1. The standard InChI is InChI=1S/C16H15FN4O4S/c1-9-5-4-6-12(13(9)17)26(23,24)20-15(22)14-10(2)19-16(25-14)11-7-18-21(3)8-11/h4-8H,1-3H3,(H,20,22). The van der Waals surface area contributed by atoms with Crippen molar-refractivity contribution in [1.29, 1.82) is 0 Å². The van der Waals surface area contributed by atoms with Crippen molar-refractivity contribution in [2.24, 2.45) is 7.05 Å². The lowest BCUT2D eigenvalue weighted by Crippen LogP contribution is -2.31. The van der Waals surface area contributed by atoms with Gasteiger partial charge in [-0.2, -0.15) is 5.10 Å². The monoisotopic (exact) mass is 378 g/mol. The highest BCUT2D eigenvalue weighted by molar-refractivity contribution is 7.90. The van der Waals surface area contributed by atoms with Gasteiger partial charge in [0.25, 0.3) is 10.0 Å². The van der Waals surface area contributed by atoms with Crippen LogP contribution in [-0.4, -0.2) is 29.1 Å². The lowest BCUT2D eigenvalue weighted by atomic mass is 10.2. The molecule has 0 atom stereocenters. The molecule has 0 aliphatic heterocycles. The molecule has 8 nitrogen and oxygen atoms in total. The van der Waals surface area contributed by atoms with Gasteiger partial charge in [-0.15, -0.1) is 0 Å². The van der Waals surface area contributed by atoms with Crippen LogP contribution in [0.3, 0.4) is 0 Å². The Kier molecular flexibility index (Phi) is 4.36. The summed E-state index contributed by atoms with van der Waals surface area (Å²) in [5.74, 6) is -2.11. The third kappa shape index (κ3) is 3.23. The van der Waals surface area contributed by atoms with E-state index in [0.29, 0.717) is 5.56 Å². The zero-order chi connectivity index (χ0) is 19.1. The molecule has 3 aromatic rings. The highest BCUT2D eigenvalue weighted by Crippen LogP contribution is 2.22. The molecule has 1 N–H and O–H groups in total. The normalized spacial score (nSPS) is 11.5. The Labute approximate surface area is 148 Å². The van der Waals surface area contributed by atoms with E-state index in [9.17, 15) is 17.6 Å². The molecule has 136 valence electrons. The minimum absolute atomic E-state index is 0.125.